The van der Waals surface area contributed by atoms with Gasteiger partial charge in [0.25, 0.3) is 0 Å². The molecule has 2 nitrogen and oxygen atoms in total. The highest BCUT2D eigenvalue weighted by molar-refractivity contribution is 8.16. The third kappa shape index (κ3) is 7.19. The van der Waals surface area contributed by atoms with Crippen molar-refractivity contribution in [2.75, 3.05) is 6.54 Å². The van der Waals surface area contributed by atoms with Gasteiger partial charge in [0.2, 0.25) is 0 Å². The van der Waals surface area contributed by atoms with E-state index in [1.807, 2.05) is 20.0 Å². The van der Waals surface area contributed by atoms with Crippen LogP contribution in [0.1, 0.15) is 13.8 Å². The molecule has 0 aliphatic carbocycles. The molecule has 0 saturated carbocycles. The molecule has 0 atom stereocenters. The largest absolute Gasteiger partial charge is 0.390 e. The van der Waals surface area contributed by atoms with Crippen LogP contribution in [0.15, 0.2) is 29.4 Å². The highest BCUT2D eigenvalue weighted by Crippen LogP contribution is 2.02. The van der Waals surface area contributed by atoms with Gasteiger partial charge < -0.3 is 5.32 Å². The van der Waals surface area contributed by atoms with Gasteiger partial charge >= 0.3 is 0 Å². The van der Waals surface area contributed by atoms with E-state index < -0.39 is 0 Å². The van der Waals surface area contributed by atoms with Gasteiger partial charge in [0, 0.05) is 18.9 Å². The van der Waals surface area contributed by atoms with Crippen LogP contribution >= 0.6 is 11.8 Å². The smallest absolute Gasteiger partial charge is 0.0742 e. The first kappa shape index (κ1) is 10.3. The van der Waals surface area contributed by atoms with Crippen LogP contribution in [0.4, 0.5) is 0 Å². The predicted molar refractivity (Wildman–Crippen MR) is 53.7 cm³/mol. The number of aliphatic imine (C=N–C) groups is 1. The van der Waals surface area contributed by atoms with Gasteiger partial charge in [-0.3, -0.25) is 4.99 Å². The van der Waals surface area contributed by atoms with Crippen molar-refractivity contribution in [3.63, 3.8) is 0 Å². The number of thioether (sulfide) groups is 1. The second kappa shape index (κ2) is 7.41. The van der Waals surface area contributed by atoms with Crippen LogP contribution in [0, 0.1) is 0 Å². The van der Waals surface area contributed by atoms with Crippen molar-refractivity contribution in [1.82, 2.24) is 5.32 Å². The highest BCUT2D eigenvalue weighted by atomic mass is 32.2. The van der Waals surface area contributed by atoms with E-state index in [1.165, 1.54) is 11.8 Å². The fourth-order valence-electron chi connectivity index (χ4n) is 0.464. The van der Waals surface area contributed by atoms with Crippen LogP contribution in [-0.2, 0) is 0 Å². The molecule has 0 spiro atoms. The van der Waals surface area contributed by atoms with Crippen LogP contribution < -0.4 is 5.32 Å². The summed E-state index contributed by atoms with van der Waals surface area (Å²) in [5, 5.41) is 5.78. The lowest BCUT2D eigenvalue weighted by atomic mass is 10.7. The Labute approximate surface area is 72.5 Å². The van der Waals surface area contributed by atoms with Gasteiger partial charge in [0.15, 0.2) is 0 Å². The summed E-state index contributed by atoms with van der Waals surface area (Å²) in [5.74, 6) is 0. The number of nitrogens with zero attached hydrogens (tertiary/aromatic N) is 1. The molecule has 11 heavy (non-hydrogen) atoms. The van der Waals surface area contributed by atoms with E-state index >= 15 is 0 Å². The van der Waals surface area contributed by atoms with Gasteiger partial charge in [0.1, 0.15) is 0 Å². The zero-order valence-electron chi connectivity index (χ0n) is 7.00. The third-order valence-corrected chi connectivity index (χ3v) is 1.52. The lowest BCUT2D eigenvalue weighted by Crippen LogP contribution is -2.00. The summed E-state index contributed by atoms with van der Waals surface area (Å²) in [4.78, 5) is 4.12. The van der Waals surface area contributed by atoms with E-state index in [1.54, 1.807) is 11.6 Å². The summed E-state index contributed by atoms with van der Waals surface area (Å²) in [6.45, 7) is 8.51. The number of rotatable bonds is 4. The van der Waals surface area contributed by atoms with E-state index in [2.05, 4.69) is 16.9 Å². The molecule has 0 aliphatic heterocycles. The van der Waals surface area contributed by atoms with E-state index in [0.717, 1.165) is 11.6 Å². The van der Waals surface area contributed by atoms with Gasteiger partial charge in [-0.2, -0.15) is 0 Å². The number of hydrogen-bond acceptors (Lipinski definition) is 3. The maximum Gasteiger partial charge on any atom is 0.0742 e. The van der Waals surface area contributed by atoms with Crippen molar-refractivity contribution in [3.8, 4) is 0 Å². The SMILES string of the molecule is C=CS/C(C)=N/C=C\NCC. The zero-order chi connectivity index (χ0) is 8.53. The molecule has 0 fully saturated rings. The standard InChI is InChI=1S/C8H14N2S/c1-4-9-6-7-10-8(3)11-5-2/h5-7,9H,2,4H2,1,3H3/b7-6-,10-8+. The van der Waals surface area contributed by atoms with Crippen LogP contribution in [-0.4, -0.2) is 11.6 Å². The second-order valence-corrected chi connectivity index (χ2v) is 2.97. The summed E-state index contributed by atoms with van der Waals surface area (Å²) in [7, 11) is 0. The highest BCUT2D eigenvalue weighted by Gasteiger charge is 1.81. The Morgan fingerprint density at radius 2 is 2.45 bits per heavy atom. The minimum Gasteiger partial charge on any atom is -0.390 e. The molecule has 0 saturated heterocycles. The Morgan fingerprint density at radius 3 is 3.00 bits per heavy atom. The first-order valence-corrected chi connectivity index (χ1v) is 4.39. The van der Waals surface area contributed by atoms with E-state index in [4.69, 9.17) is 0 Å². The Hall–Kier alpha value is -0.700. The van der Waals surface area contributed by atoms with Crippen LogP contribution in [0.5, 0.6) is 0 Å². The Bertz CT molecular complexity index is 161. The first-order valence-electron chi connectivity index (χ1n) is 3.51. The molecule has 0 aliphatic rings. The predicted octanol–water partition coefficient (Wildman–Crippen LogP) is 2.36. The van der Waals surface area contributed by atoms with Crippen LogP contribution in [0.3, 0.4) is 0 Å². The van der Waals surface area contributed by atoms with E-state index in [-0.39, 0.29) is 0 Å². The average molecular weight is 170 g/mol. The fourth-order valence-corrected chi connectivity index (χ4v) is 0.827. The summed E-state index contributed by atoms with van der Waals surface area (Å²) in [6.07, 6.45) is 3.57. The van der Waals surface area contributed by atoms with Gasteiger partial charge in [-0.05, 0) is 19.3 Å². The molecule has 0 bridgehead atoms. The lowest BCUT2D eigenvalue weighted by Gasteiger charge is -1.91. The lowest BCUT2D eigenvalue weighted by molar-refractivity contribution is 0.916. The van der Waals surface area contributed by atoms with Gasteiger partial charge in [-0.15, -0.1) is 0 Å². The van der Waals surface area contributed by atoms with Crippen LogP contribution in [0.2, 0.25) is 0 Å². The Balaban J connectivity index is 3.61. The molecule has 62 valence electrons. The Morgan fingerprint density at radius 1 is 1.73 bits per heavy atom. The van der Waals surface area contributed by atoms with Crippen molar-refractivity contribution in [1.29, 1.82) is 0 Å². The first-order chi connectivity index (χ1) is 5.31. The van der Waals surface area contributed by atoms with Crippen LogP contribution in [0.25, 0.3) is 0 Å². The van der Waals surface area contributed by atoms with Crippen molar-refractivity contribution in [2.45, 2.75) is 13.8 Å². The second-order valence-electron chi connectivity index (χ2n) is 1.81. The van der Waals surface area contributed by atoms with Crippen molar-refractivity contribution in [3.05, 3.63) is 24.4 Å². The molecule has 0 rings (SSSR count). The van der Waals surface area contributed by atoms with Crippen molar-refractivity contribution < 1.29 is 0 Å². The number of nitrogens with one attached hydrogen (secondary N) is 1. The van der Waals surface area contributed by atoms with Gasteiger partial charge in [-0.1, -0.05) is 18.3 Å². The molecule has 0 radical (unpaired) electrons. The molecule has 0 heterocycles. The molecule has 1 N–H and O–H groups in total. The Kier molecular flexibility index (Phi) is 6.94. The van der Waals surface area contributed by atoms with Crippen molar-refractivity contribution in [2.24, 2.45) is 4.99 Å². The topological polar surface area (TPSA) is 24.4 Å². The molecule has 0 aromatic rings. The molecular formula is C8H14N2S. The van der Waals surface area contributed by atoms with E-state index in [9.17, 15) is 0 Å². The quantitative estimate of drug-likeness (QED) is 0.517. The minimum absolute atomic E-state index is 0.930. The molecule has 0 aromatic carbocycles. The summed E-state index contributed by atoms with van der Waals surface area (Å²) in [6, 6.07) is 0. The van der Waals surface area contributed by atoms with Gasteiger partial charge in [0.05, 0.1) is 5.04 Å². The summed E-state index contributed by atoms with van der Waals surface area (Å²) >= 11 is 1.52. The monoisotopic (exact) mass is 170 g/mol. The average Bonchev–Trinajstić information content (AvgIpc) is 1.99. The number of hydrogen-bond donors (Lipinski definition) is 1. The van der Waals surface area contributed by atoms with Gasteiger partial charge in [-0.25, -0.2) is 0 Å². The fraction of sp³-hybridized carbons (Fsp3) is 0.375. The summed E-state index contributed by atoms with van der Waals surface area (Å²) < 4.78 is 0. The molecular weight excluding hydrogens is 156 g/mol. The molecule has 0 unspecified atom stereocenters. The molecule has 0 aromatic heterocycles. The van der Waals surface area contributed by atoms with Crippen molar-refractivity contribution >= 4 is 16.8 Å². The maximum atomic E-state index is 4.12. The zero-order valence-corrected chi connectivity index (χ0v) is 7.82. The summed E-state index contributed by atoms with van der Waals surface area (Å²) in [5.41, 5.74) is 0. The van der Waals surface area contributed by atoms with E-state index in [0.29, 0.717) is 0 Å². The molecule has 3 heteroatoms. The third-order valence-electron chi connectivity index (χ3n) is 0.907. The maximum absolute atomic E-state index is 4.12. The minimum atomic E-state index is 0.930. The molecule has 0 amide bonds. The normalized spacial score (nSPS) is 12.0.